The highest BCUT2D eigenvalue weighted by molar-refractivity contribution is 9.11. The Bertz CT molecular complexity index is 162. The first-order chi connectivity index (χ1) is 4.22. The summed E-state index contributed by atoms with van der Waals surface area (Å²) in [5.41, 5.74) is 0. The van der Waals surface area contributed by atoms with Gasteiger partial charge < -0.3 is 10.2 Å². The second-order valence-corrected chi connectivity index (χ2v) is 2.79. The molecule has 0 bridgehead atoms. The molecule has 0 unspecified atom stereocenters. The van der Waals surface area contributed by atoms with Crippen molar-refractivity contribution in [2.45, 2.75) is 12.2 Å². The van der Waals surface area contributed by atoms with Crippen molar-refractivity contribution in [3.05, 3.63) is 22.7 Å². The lowest BCUT2D eigenvalue weighted by molar-refractivity contribution is 0.0774. The Morgan fingerprint density at radius 1 is 1.44 bits per heavy atom. The molecule has 2 nitrogen and oxygen atoms in total. The van der Waals surface area contributed by atoms with Crippen molar-refractivity contribution in [2.24, 2.45) is 0 Å². The summed E-state index contributed by atoms with van der Waals surface area (Å²) in [6, 6.07) is 0. The zero-order chi connectivity index (χ0) is 6.85. The fraction of sp³-hybridized carbons (Fsp3) is 0.333. The van der Waals surface area contributed by atoms with Crippen LogP contribution in [-0.4, -0.2) is 22.4 Å². The Morgan fingerprint density at radius 3 is 2.56 bits per heavy atom. The summed E-state index contributed by atoms with van der Waals surface area (Å²) in [6.45, 7) is 0. The van der Waals surface area contributed by atoms with Crippen molar-refractivity contribution in [1.29, 1.82) is 0 Å². The van der Waals surface area contributed by atoms with Crippen LogP contribution in [0.5, 0.6) is 0 Å². The van der Waals surface area contributed by atoms with E-state index in [9.17, 15) is 0 Å². The fourth-order valence-electron chi connectivity index (χ4n) is 0.628. The maximum absolute atomic E-state index is 9.03. The molecule has 0 saturated heterocycles. The molecule has 0 aromatic rings. The SMILES string of the molecule is O[C@H]1C=CC=C(Br)[C@@H]1O. The van der Waals surface area contributed by atoms with Gasteiger partial charge in [0.1, 0.15) is 12.2 Å². The van der Waals surface area contributed by atoms with Crippen molar-refractivity contribution in [3.63, 3.8) is 0 Å². The molecule has 0 aromatic heterocycles. The smallest absolute Gasteiger partial charge is 0.115 e. The summed E-state index contributed by atoms with van der Waals surface area (Å²) in [6.07, 6.45) is 3.40. The Hall–Kier alpha value is -0.120. The van der Waals surface area contributed by atoms with E-state index in [-0.39, 0.29) is 0 Å². The van der Waals surface area contributed by atoms with Crippen molar-refractivity contribution >= 4 is 15.9 Å². The van der Waals surface area contributed by atoms with E-state index < -0.39 is 12.2 Å². The van der Waals surface area contributed by atoms with Gasteiger partial charge in [-0.05, 0) is 6.08 Å². The second kappa shape index (κ2) is 2.64. The minimum Gasteiger partial charge on any atom is -0.386 e. The summed E-state index contributed by atoms with van der Waals surface area (Å²) in [4.78, 5) is 0. The van der Waals surface area contributed by atoms with E-state index >= 15 is 0 Å². The largest absolute Gasteiger partial charge is 0.386 e. The average Bonchev–Trinajstić information content (AvgIpc) is 1.83. The van der Waals surface area contributed by atoms with Crippen LogP contribution in [0.2, 0.25) is 0 Å². The summed E-state index contributed by atoms with van der Waals surface area (Å²) in [7, 11) is 0. The molecule has 0 aliphatic heterocycles. The normalized spacial score (nSPS) is 34.3. The highest BCUT2D eigenvalue weighted by Gasteiger charge is 2.17. The number of hydrogen-bond acceptors (Lipinski definition) is 2. The topological polar surface area (TPSA) is 40.5 Å². The first-order valence-electron chi connectivity index (χ1n) is 2.62. The van der Waals surface area contributed by atoms with E-state index in [4.69, 9.17) is 10.2 Å². The van der Waals surface area contributed by atoms with E-state index in [0.29, 0.717) is 4.48 Å². The van der Waals surface area contributed by atoms with Crippen LogP contribution in [0.1, 0.15) is 0 Å². The molecule has 0 heterocycles. The third kappa shape index (κ3) is 1.41. The van der Waals surface area contributed by atoms with Gasteiger partial charge in [-0.3, -0.25) is 0 Å². The quantitative estimate of drug-likeness (QED) is 0.587. The predicted molar refractivity (Wildman–Crippen MR) is 38.2 cm³/mol. The lowest BCUT2D eigenvalue weighted by Gasteiger charge is -2.16. The van der Waals surface area contributed by atoms with Crippen LogP contribution < -0.4 is 0 Å². The zero-order valence-corrected chi connectivity index (χ0v) is 6.25. The summed E-state index contributed by atoms with van der Waals surface area (Å²) in [5, 5.41) is 18.0. The van der Waals surface area contributed by atoms with E-state index in [1.165, 1.54) is 6.08 Å². The Labute approximate surface area is 61.6 Å². The van der Waals surface area contributed by atoms with Crippen LogP contribution in [0, 0.1) is 0 Å². The van der Waals surface area contributed by atoms with Crippen LogP contribution in [0.25, 0.3) is 0 Å². The first kappa shape index (κ1) is 6.99. The maximum atomic E-state index is 9.03. The van der Waals surface area contributed by atoms with Gasteiger partial charge in [0.25, 0.3) is 0 Å². The molecule has 2 atom stereocenters. The second-order valence-electron chi connectivity index (χ2n) is 1.87. The third-order valence-corrected chi connectivity index (χ3v) is 1.90. The molecule has 0 aromatic carbocycles. The highest BCUT2D eigenvalue weighted by Crippen LogP contribution is 2.18. The van der Waals surface area contributed by atoms with Gasteiger partial charge in [0.15, 0.2) is 0 Å². The van der Waals surface area contributed by atoms with Crippen LogP contribution in [0.15, 0.2) is 22.7 Å². The number of halogens is 1. The molecule has 9 heavy (non-hydrogen) atoms. The minimum atomic E-state index is -0.782. The molecule has 3 heteroatoms. The van der Waals surface area contributed by atoms with E-state index in [2.05, 4.69) is 15.9 Å². The molecular formula is C6H7BrO2. The summed E-state index contributed by atoms with van der Waals surface area (Å²) >= 11 is 3.09. The van der Waals surface area contributed by atoms with Gasteiger partial charge in [0, 0.05) is 4.48 Å². The standard InChI is InChI=1S/C6H7BrO2/c7-4-2-1-3-5(8)6(4)9/h1-3,5-6,8-9H/t5-,6-/m0/s1. The lowest BCUT2D eigenvalue weighted by atomic mass is 10.1. The maximum Gasteiger partial charge on any atom is 0.115 e. The Kier molecular flexibility index (Phi) is 2.05. The molecule has 2 N–H and O–H groups in total. The van der Waals surface area contributed by atoms with Crippen molar-refractivity contribution < 1.29 is 10.2 Å². The van der Waals surface area contributed by atoms with Gasteiger partial charge >= 0.3 is 0 Å². The molecule has 0 spiro atoms. The highest BCUT2D eigenvalue weighted by atomic mass is 79.9. The van der Waals surface area contributed by atoms with Crippen molar-refractivity contribution in [1.82, 2.24) is 0 Å². The number of allylic oxidation sites excluding steroid dienone is 2. The number of aliphatic hydroxyl groups is 2. The van der Waals surface area contributed by atoms with Gasteiger partial charge in [-0.2, -0.15) is 0 Å². The molecule has 50 valence electrons. The molecular weight excluding hydrogens is 184 g/mol. The van der Waals surface area contributed by atoms with Crippen molar-refractivity contribution in [3.8, 4) is 0 Å². The fourth-order valence-corrected chi connectivity index (χ4v) is 1.05. The van der Waals surface area contributed by atoms with Crippen molar-refractivity contribution in [2.75, 3.05) is 0 Å². The van der Waals surface area contributed by atoms with Gasteiger partial charge in [-0.1, -0.05) is 28.1 Å². The molecule has 1 aliphatic rings. The third-order valence-electron chi connectivity index (χ3n) is 1.17. The van der Waals surface area contributed by atoms with Crippen LogP contribution >= 0.6 is 15.9 Å². The number of aliphatic hydroxyl groups excluding tert-OH is 2. The number of hydrogen-bond donors (Lipinski definition) is 2. The van der Waals surface area contributed by atoms with Crippen LogP contribution in [0.4, 0.5) is 0 Å². The first-order valence-corrected chi connectivity index (χ1v) is 3.41. The monoisotopic (exact) mass is 190 g/mol. The molecule has 0 radical (unpaired) electrons. The summed E-state index contributed by atoms with van der Waals surface area (Å²) < 4.78 is 0.623. The van der Waals surface area contributed by atoms with Gasteiger partial charge in [0.2, 0.25) is 0 Å². The van der Waals surface area contributed by atoms with E-state index in [1.807, 2.05) is 0 Å². The van der Waals surface area contributed by atoms with E-state index in [1.54, 1.807) is 12.2 Å². The Balaban J connectivity index is 2.73. The average molecular weight is 191 g/mol. The zero-order valence-electron chi connectivity index (χ0n) is 4.66. The van der Waals surface area contributed by atoms with E-state index in [0.717, 1.165) is 0 Å². The van der Waals surface area contributed by atoms with Crippen LogP contribution in [0.3, 0.4) is 0 Å². The molecule has 0 saturated carbocycles. The molecule has 1 aliphatic carbocycles. The summed E-state index contributed by atoms with van der Waals surface area (Å²) in [5.74, 6) is 0. The molecule has 1 rings (SSSR count). The molecule has 0 fully saturated rings. The number of rotatable bonds is 0. The molecule has 0 amide bonds. The van der Waals surface area contributed by atoms with Gasteiger partial charge in [-0.15, -0.1) is 0 Å². The minimum absolute atomic E-state index is 0.623. The lowest BCUT2D eigenvalue weighted by Crippen LogP contribution is -2.25. The van der Waals surface area contributed by atoms with Crippen LogP contribution in [-0.2, 0) is 0 Å². The Morgan fingerprint density at radius 2 is 2.11 bits per heavy atom. The van der Waals surface area contributed by atoms with Gasteiger partial charge in [0.05, 0.1) is 0 Å². The van der Waals surface area contributed by atoms with Gasteiger partial charge in [-0.25, -0.2) is 0 Å². The predicted octanol–water partition coefficient (Wildman–Crippen LogP) is 0.557.